The van der Waals surface area contributed by atoms with Gasteiger partial charge in [-0.2, -0.15) is 0 Å². The third-order valence-electron chi connectivity index (χ3n) is 3.71. The standard InChI is InChI=1S/C14H20O/c1-3-6-10(2)13-9-11-7-4-5-8-12(11)14(13)15/h4-5,7-8,10,13-15H,3,6,9H2,1-2H3. The third kappa shape index (κ3) is 1.93. The molecule has 2 rings (SSSR count). The maximum Gasteiger partial charge on any atom is 0.0826 e. The first-order valence-corrected chi connectivity index (χ1v) is 6.00. The van der Waals surface area contributed by atoms with Crippen molar-refractivity contribution in [1.29, 1.82) is 0 Å². The molecule has 1 aliphatic rings. The molecule has 15 heavy (non-hydrogen) atoms. The van der Waals surface area contributed by atoms with Crippen LogP contribution in [0, 0.1) is 11.8 Å². The maximum atomic E-state index is 10.2. The summed E-state index contributed by atoms with van der Waals surface area (Å²) >= 11 is 0. The summed E-state index contributed by atoms with van der Waals surface area (Å²) in [5, 5.41) is 10.2. The molecular weight excluding hydrogens is 184 g/mol. The summed E-state index contributed by atoms with van der Waals surface area (Å²) in [7, 11) is 0. The Bertz CT molecular complexity index is 332. The van der Waals surface area contributed by atoms with Gasteiger partial charge in [-0.1, -0.05) is 51.0 Å². The van der Waals surface area contributed by atoms with E-state index in [-0.39, 0.29) is 6.10 Å². The fourth-order valence-electron chi connectivity index (χ4n) is 2.79. The summed E-state index contributed by atoms with van der Waals surface area (Å²) in [6.45, 7) is 4.48. The average molecular weight is 204 g/mol. The molecule has 3 unspecified atom stereocenters. The van der Waals surface area contributed by atoms with Gasteiger partial charge in [0.05, 0.1) is 6.10 Å². The van der Waals surface area contributed by atoms with E-state index in [1.807, 2.05) is 6.07 Å². The lowest BCUT2D eigenvalue weighted by molar-refractivity contribution is 0.0887. The van der Waals surface area contributed by atoms with Crippen LogP contribution in [0.1, 0.15) is 43.9 Å². The Hall–Kier alpha value is -0.820. The quantitative estimate of drug-likeness (QED) is 0.800. The van der Waals surface area contributed by atoms with Crippen LogP contribution < -0.4 is 0 Å². The molecule has 1 aromatic carbocycles. The Labute approximate surface area is 92.1 Å². The summed E-state index contributed by atoms with van der Waals surface area (Å²) in [6.07, 6.45) is 3.25. The molecule has 0 saturated carbocycles. The number of fused-ring (bicyclic) bond motifs is 1. The van der Waals surface area contributed by atoms with Crippen LogP contribution in [-0.2, 0) is 6.42 Å². The van der Waals surface area contributed by atoms with E-state index in [1.165, 1.54) is 18.4 Å². The Morgan fingerprint density at radius 1 is 1.40 bits per heavy atom. The number of rotatable bonds is 3. The molecule has 0 amide bonds. The summed E-state index contributed by atoms with van der Waals surface area (Å²) < 4.78 is 0. The third-order valence-corrected chi connectivity index (χ3v) is 3.71. The van der Waals surface area contributed by atoms with Crippen LogP contribution in [-0.4, -0.2) is 5.11 Å². The monoisotopic (exact) mass is 204 g/mol. The molecule has 0 saturated heterocycles. The molecule has 0 aliphatic heterocycles. The number of aliphatic hydroxyl groups is 1. The van der Waals surface area contributed by atoms with Crippen molar-refractivity contribution in [1.82, 2.24) is 0 Å². The molecule has 0 fully saturated rings. The molecule has 0 heterocycles. The van der Waals surface area contributed by atoms with Gasteiger partial charge in [0, 0.05) is 0 Å². The van der Waals surface area contributed by atoms with Crippen LogP contribution in [0.5, 0.6) is 0 Å². The summed E-state index contributed by atoms with van der Waals surface area (Å²) in [5.41, 5.74) is 2.50. The zero-order valence-corrected chi connectivity index (χ0v) is 9.61. The smallest absolute Gasteiger partial charge is 0.0826 e. The molecule has 3 atom stereocenters. The highest BCUT2D eigenvalue weighted by molar-refractivity contribution is 5.34. The first-order chi connectivity index (χ1) is 7.24. The predicted molar refractivity (Wildman–Crippen MR) is 62.7 cm³/mol. The molecule has 1 nitrogen and oxygen atoms in total. The highest BCUT2D eigenvalue weighted by atomic mass is 16.3. The van der Waals surface area contributed by atoms with Crippen molar-refractivity contribution in [3.05, 3.63) is 35.4 Å². The van der Waals surface area contributed by atoms with Crippen molar-refractivity contribution in [3.63, 3.8) is 0 Å². The van der Waals surface area contributed by atoms with Crippen molar-refractivity contribution < 1.29 is 5.11 Å². The minimum Gasteiger partial charge on any atom is -0.388 e. The lowest BCUT2D eigenvalue weighted by Crippen LogP contribution is -2.16. The molecule has 0 bridgehead atoms. The molecular formula is C14H20O. The van der Waals surface area contributed by atoms with Crippen LogP contribution in [0.25, 0.3) is 0 Å². The number of hydrogen-bond acceptors (Lipinski definition) is 1. The normalized spacial score (nSPS) is 26.3. The fraction of sp³-hybridized carbons (Fsp3) is 0.571. The van der Waals surface area contributed by atoms with E-state index in [0.717, 1.165) is 12.0 Å². The van der Waals surface area contributed by atoms with Gasteiger partial charge in [0.2, 0.25) is 0 Å². The van der Waals surface area contributed by atoms with Gasteiger partial charge >= 0.3 is 0 Å². The topological polar surface area (TPSA) is 20.2 Å². The van der Waals surface area contributed by atoms with Gasteiger partial charge in [0.1, 0.15) is 0 Å². The minimum atomic E-state index is -0.234. The van der Waals surface area contributed by atoms with Crippen molar-refractivity contribution in [2.75, 3.05) is 0 Å². The fourth-order valence-corrected chi connectivity index (χ4v) is 2.79. The van der Waals surface area contributed by atoms with E-state index in [2.05, 4.69) is 32.0 Å². The van der Waals surface area contributed by atoms with E-state index in [4.69, 9.17) is 0 Å². The number of benzene rings is 1. The number of aliphatic hydroxyl groups excluding tert-OH is 1. The molecule has 82 valence electrons. The van der Waals surface area contributed by atoms with Crippen LogP contribution in [0.3, 0.4) is 0 Å². The van der Waals surface area contributed by atoms with Gasteiger partial charge in [0.25, 0.3) is 0 Å². The average Bonchev–Trinajstić information content (AvgIpc) is 2.57. The second kappa shape index (κ2) is 4.36. The predicted octanol–water partition coefficient (Wildman–Crippen LogP) is 3.33. The molecule has 1 aliphatic carbocycles. The second-order valence-corrected chi connectivity index (χ2v) is 4.78. The summed E-state index contributed by atoms with van der Waals surface area (Å²) in [4.78, 5) is 0. The highest BCUT2D eigenvalue weighted by Crippen LogP contribution is 2.41. The Balaban J connectivity index is 2.16. The summed E-state index contributed by atoms with van der Waals surface area (Å²) in [6, 6.07) is 8.31. The van der Waals surface area contributed by atoms with Crippen LogP contribution in [0.4, 0.5) is 0 Å². The first kappa shape index (κ1) is 10.7. The Morgan fingerprint density at radius 2 is 2.13 bits per heavy atom. The molecule has 0 aromatic heterocycles. The lowest BCUT2D eigenvalue weighted by atomic mass is 9.86. The van der Waals surface area contributed by atoms with E-state index < -0.39 is 0 Å². The van der Waals surface area contributed by atoms with E-state index in [9.17, 15) is 5.11 Å². The van der Waals surface area contributed by atoms with Gasteiger partial charge in [-0.3, -0.25) is 0 Å². The van der Waals surface area contributed by atoms with Gasteiger partial charge in [0.15, 0.2) is 0 Å². The Morgan fingerprint density at radius 3 is 2.80 bits per heavy atom. The van der Waals surface area contributed by atoms with Gasteiger partial charge in [-0.25, -0.2) is 0 Å². The van der Waals surface area contributed by atoms with E-state index in [1.54, 1.807) is 0 Å². The molecule has 1 N–H and O–H groups in total. The zero-order chi connectivity index (χ0) is 10.8. The van der Waals surface area contributed by atoms with E-state index in [0.29, 0.717) is 11.8 Å². The van der Waals surface area contributed by atoms with Gasteiger partial charge < -0.3 is 5.11 Å². The molecule has 1 aromatic rings. The van der Waals surface area contributed by atoms with E-state index >= 15 is 0 Å². The van der Waals surface area contributed by atoms with Crippen molar-refractivity contribution in [3.8, 4) is 0 Å². The van der Waals surface area contributed by atoms with Gasteiger partial charge in [-0.15, -0.1) is 0 Å². The molecule has 1 heteroatoms. The minimum absolute atomic E-state index is 0.234. The first-order valence-electron chi connectivity index (χ1n) is 6.00. The lowest BCUT2D eigenvalue weighted by Gasteiger charge is -2.22. The summed E-state index contributed by atoms with van der Waals surface area (Å²) in [5.74, 6) is 1.06. The molecule has 0 radical (unpaired) electrons. The molecule has 0 spiro atoms. The van der Waals surface area contributed by atoms with Crippen molar-refractivity contribution in [2.45, 2.75) is 39.2 Å². The zero-order valence-electron chi connectivity index (χ0n) is 9.61. The highest BCUT2D eigenvalue weighted by Gasteiger charge is 2.33. The second-order valence-electron chi connectivity index (χ2n) is 4.78. The van der Waals surface area contributed by atoms with Crippen LogP contribution in [0.15, 0.2) is 24.3 Å². The van der Waals surface area contributed by atoms with Crippen LogP contribution >= 0.6 is 0 Å². The SMILES string of the molecule is CCCC(C)C1Cc2ccccc2C1O. The van der Waals surface area contributed by atoms with Crippen molar-refractivity contribution >= 4 is 0 Å². The largest absolute Gasteiger partial charge is 0.388 e. The van der Waals surface area contributed by atoms with Crippen molar-refractivity contribution in [2.24, 2.45) is 11.8 Å². The maximum absolute atomic E-state index is 10.2. The van der Waals surface area contributed by atoms with Crippen LogP contribution in [0.2, 0.25) is 0 Å². The number of hydrogen-bond donors (Lipinski definition) is 1. The van der Waals surface area contributed by atoms with Gasteiger partial charge in [-0.05, 0) is 29.4 Å². The Kier molecular flexibility index (Phi) is 3.11.